The zero-order valence-corrected chi connectivity index (χ0v) is 17.5. The van der Waals surface area contributed by atoms with Gasteiger partial charge in [-0.2, -0.15) is 5.26 Å². The number of phenolic OH excluding ortho intramolecular Hbond substituents is 1. The Bertz CT molecular complexity index is 1150. The SMILES string of the molecule is CC(C)[C@@H]1C(=O)C(C(N)=O)C(=O)[C@@]2(O)C(=O)C3C(=O)c4c(O)ccc(C#N)c4C[C@H]3C[C@@H]12. The fraction of sp³-hybridized carbons (Fsp3) is 0.478. The predicted octanol–water partition coefficient (Wildman–Crippen LogP) is 0.0807. The number of benzene rings is 1. The molecule has 0 aromatic heterocycles. The molecule has 9 heteroatoms. The van der Waals surface area contributed by atoms with Gasteiger partial charge >= 0.3 is 0 Å². The minimum atomic E-state index is -2.71. The van der Waals surface area contributed by atoms with Gasteiger partial charge in [0, 0.05) is 11.8 Å². The van der Waals surface area contributed by atoms with Gasteiger partial charge in [0.2, 0.25) is 5.91 Å². The standard InChI is InChI=1S/C23H22N2O7/c1-8(2)14-12-6-10-5-11-9(7-24)3-4-13(26)16(11)19(28)15(10)20(29)23(12,32)21(30)17(18(14)27)22(25)31/h3-4,8,10,12,14-15,17,26,32H,5-6H2,1-2H3,(H2,25,31)/t10-,12-,14-,15?,17?,23-/m0/s1. The van der Waals surface area contributed by atoms with E-state index in [1.807, 2.05) is 6.07 Å². The zero-order chi connectivity index (χ0) is 23.7. The molecule has 1 aromatic carbocycles. The third-order valence-electron chi connectivity index (χ3n) is 7.32. The maximum Gasteiger partial charge on any atom is 0.235 e. The van der Waals surface area contributed by atoms with Crippen LogP contribution in [0, 0.1) is 46.8 Å². The van der Waals surface area contributed by atoms with Gasteiger partial charge in [-0.05, 0) is 42.4 Å². The van der Waals surface area contributed by atoms with Crippen molar-refractivity contribution in [1.82, 2.24) is 0 Å². The number of primary amides is 1. The Morgan fingerprint density at radius 2 is 1.88 bits per heavy atom. The number of nitrogens with two attached hydrogens (primary N) is 1. The van der Waals surface area contributed by atoms with Crippen molar-refractivity contribution in [1.29, 1.82) is 5.26 Å². The van der Waals surface area contributed by atoms with E-state index in [4.69, 9.17) is 5.73 Å². The molecule has 0 heterocycles. The van der Waals surface area contributed by atoms with E-state index in [-0.39, 0.29) is 24.0 Å². The highest BCUT2D eigenvalue weighted by Gasteiger charge is 2.69. The first kappa shape index (κ1) is 21.8. The Labute approximate surface area is 183 Å². The number of Topliss-reactive ketones (excluding diaryl/α,β-unsaturated/α-hetero) is 4. The number of fused-ring (bicyclic) bond motifs is 3. The molecule has 3 aliphatic rings. The zero-order valence-electron chi connectivity index (χ0n) is 17.5. The van der Waals surface area contributed by atoms with Crippen LogP contribution in [0.15, 0.2) is 12.1 Å². The number of nitrogens with zero attached hydrogens (tertiary/aromatic N) is 1. The van der Waals surface area contributed by atoms with Gasteiger partial charge in [-0.1, -0.05) is 13.8 Å². The second kappa shape index (κ2) is 7.07. The van der Waals surface area contributed by atoms with Crippen LogP contribution in [0.5, 0.6) is 5.75 Å². The van der Waals surface area contributed by atoms with Crippen molar-refractivity contribution in [2.75, 3.05) is 0 Å². The lowest BCUT2D eigenvalue weighted by Gasteiger charge is -2.52. The summed E-state index contributed by atoms with van der Waals surface area (Å²) in [5.41, 5.74) is 2.88. The normalized spacial score (nSPS) is 33.9. The molecule has 1 aromatic rings. The van der Waals surface area contributed by atoms with Crippen molar-refractivity contribution in [3.8, 4) is 11.8 Å². The van der Waals surface area contributed by atoms with Crippen LogP contribution in [0.4, 0.5) is 0 Å². The summed E-state index contributed by atoms with van der Waals surface area (Å²) in [5.74, 6) is -12.1. The van der Waals surface area contributed by atoms with E-state index in [2.05, 4.69) is 0 Å². The largest absolute Gasteiger partial charge is 0.507 e. The van der Waals surface area contributed by atoms with Crippen LogP contribution in [-0.4, -0.2) is 44.9 Å². The number of aromatic hydroxyl groups is 1. The Hall–Kier alpha value is -3.38. The number of amides is 1. The predicted molar refractivity (Wildman–Crippen MR) is 107 cm³/mol. The van der Waals surface area contributed by atoms with E-state index in [1.165, 1.54) is 12.1 Å². The van der Waals surface area contributed by atoms with Crippen LogP contribution in [0.1, 0.15) is 41.8 Å². The first-order valence-corrected chi connectivity index (χ1v) is 10.4. The molecule has 0 spiro atoms. The van der Waals surface area contributed by atoms with Gasteiger partial charge < -0.3 is 15.9 Å². The fourth-order valence-corrected chi connectivity index (χ4v) is 5.96. The van der Waals surface area contributed by atoms with Crippen LogP contribution < -0.4 is 5.73 Å². The van der Waals surface area contributed by atoms with Gasteiger partial charge in [-0.25, -0.2) is 0 Å². The summed E-state index contributed by atoms with van der Waals surface area (Å²) in [7, 11) is 0. The molecule has 0 radical (unpaired) electrons. The van der Waals surface area contributed by atoms with Crippen molar-refractivity contribution in [3.05, 3.63) is 28.8 Å². The lowest BCUT2D eigenvalue weighted by atomic mass is 9.49. The second-order valence-electron chi connectivity index (χ2n) is 9.25. The van der Waals surface area contributed by atoms with E-state index in [1.54, 1.807) is 13.8 Å². The molecule has 2 unspecified atom stereocenters. The molecule has 3 aliphatic carbocycles. The molecule has 1 amide bonds. The Morgan fingerprint density at radius 1 is 1.22 bits per heavy atom. The van der Waals surface area contributed by atoms with Crippen molar-refractivity contribution in [3.63, 3.8) is 0 Å². The van der Waals surface area contributed by atoms with Crippen molar-refractivity contribution >= 4 is 29.0 Å². The third kappa shape index (κ3) is 2.62. The number of hydrogen-bond acceptors (Lipinski definition) is 8. The van der Waals surface area contributed by atoms with E-state index in [0.717, 1.165) is 0 Å². The topological polar surface area (TPSA) is 176 Å². The maximum atomic E-state index is 13.6. The molecular weight excluding hydrogens is 416 g/mol. The number of rotatable bonds is 2. The van der Waals surface area contributed by atoms with Crippen molar-refractivity contribution < 1.29 is 34.2 Å². The van der Waals surface area contributed by atoms with Gasteiger partial charge in [0.25, 0.3) is 0 Å². The minimum Gasteiger partial charge on any atom is -0.507 e. The monoisotopic (exact) mass is 438 g/mol. The van der Waals surface area contributed by atoms with Gasteiger partial charge in [-0.15, -0.1) is 0 Å². The summed E-state index contributed by atoms with van der Waals surface area (Å²) in [6.45, 7) is 3.36. The van der Waals surface area contributed by atoms with Gasteiger partial charge in [0.1, 0.15) is 5.75 Å². The van der Waals surface area contributed by atoms with E-state index < -0.39 is 75.9 Å². The molecule has 0 aliphatic heterocycles. The van der Waals surface area contributed by atoms with Gasteiger partial charge in [0.15, 0.2) is 34.7 Å². The highest BCUT2D eigenvalue weighted by Crippen LogP contribution is 2.53. The molecule has 32 heavy (non-hydrogen) atoms. The minimum absolute atomic E-state index is 0.00950. The lowest BCUT2D eigenvalue weighted by Crippen LogP contribution is -2.71. The van der Waals surface area contributed by atoms with Crippen molar-refractivity contribution in [2.45, 2.75) is 32.3 Å². The highest BCUT2D eigenvalue weighted by atomic mass is 16.3. The Morgan fingerprint density at radius 3 is 2.44 bits per heavy atom. The summed E-state index contributed by atoms with van der Waals surface area (Å²) in [6, 6.07) is 4.54. The van der Waals surface area contributed by atoms with Crippen LogP contribution in [0.3, 0.4) is 0 Å². The second-order valence-corrected chi connectivity index (χ2v) is 9.25. The summed E-state index contributed by atoms with van der Waals surface area (Å²) < 4.78 is 0. The summed E-state index contributed by atoms with van der Waals surface area (Å²) in [6.07, 6.45) is 0.0816. The average molecular weight is 438 g/mol. The quantitative estimate of drug-likeness (QED) is 0.544. The molecule has 9 nitrogen and oxygen atoms in total. The summed E-state index contributed by atoms with van der Waals surface area (Å²) in [5, 5.41) is 31.1. The number of hydrogen-bond donors (Lipinski definition) is 3. The average Bonchev–Trinajstić information content (AvgIpc) is 2.70. The number of phenols is 1. The maximum absolute atomic E-state index is 13.6. The third-order valence-corrected chi connectivity index (χ3v) is 7.32. The number of nitriles is 1. The molecule has 6 atom stereocenters. The number of aliphatic hydroxyl groups is 1. The van der Waals surface area contributed by atoms with Crippen LogP contribution in [0.25, 0.3) is 0 Å². The first-order chi connectivity index (χ1) is 15.0. The molecule has 2 fully saturated rings. The Balaban J connectivity index is 1.90. The van der Waals surface area contributed by atoms with Crippen molar-refractivity contribution in [2.24, 2.45) is 41.2 Å². The van der Waals surface area contributed by atoms with Gasteiger partial charge in [-0.3, -0.25) is 24.0 Å². The highest BCUT2D eigenvalue weighted by molar-refractivity contribution is 6.31. The van der Waals surface area contributed by atoms with Gasteiger partial charge in [0.05, 0.1) is 23.1 Å². The number of carbonyl (C=O) groups excluding carboxylic acids is 5. The molecular formula is C23H22N2O7. The first-order valence-electron chi connectivity index (χ1n) is 10.4. The van der Waals surface area contributed by atoms with E-state index in [9.17, 15) is 39.4 Å². The Kier molecular flexibility index (Phi) is 4.82. The molecule has 166 valence electrons. The molecule has 4 N–H and O–H groups in total. The fourth-order valence-electron chi connectivity index (χ4n) is 5.96. The molecule has 0 bridgehead atoms. The number of carbonyl (C=O) groups is 5. The van der Waals surface area contributed by atoms with E-state index in [0.29, 0.717) is 5.56 Å². The molecule has 0 saturated heterocycles. The lowest BCUT2D eigenvalue weighted by molar-refractivity contribution is -0.182. The summed E-state index contributed by atoms with van der Waals surface area (Å²) >= 11 is 0. The molecule has 2 saturated carbocycles. The van der Waals surface area contributed by atoms with Crippen LogP contribution in [-0.2, 0) is 25.6 Å². The van der Waals surface area contributed by atoms with E-state index >= 15 is 0 Å². The summed E-state index contributed by atoms with van der Waals surface area (Å²) in [4.78, 5) is 64.9. The smallest absolute Gasteiger partial charge is 0.235 e. The van der Waals surface area contributed by atoms with Crippen LogP contribution in [0.2, 0.25) is 0 Å². The van der Waals surface area contributed by atoms with Crippen LogP contribution >= 0.6 is 0 Å². The number of ketones is 4. The molecule has 4 rings (SSSR count).